The molecule has 2 aromatic carbocycles. The van der Waals surface area contributed by atoms with Gasteiger partial charge in [0.1, 0.15) is 0 Å². The van der Waals surface area contributed by atoms with Crippen molar-refractivity contribution in [3.05, 3.63) is 65.7 Å². The average Bonchev–Trinajstić information content (AvgIpc) is 2.73. The van der Waals surface area contributed by atoms with E-state index in [9.17, 15) is 4.79 Å². The van der Waals surface area contributed by atoms with Gasteiger partial charge in [0.05, 0.1) is 17.8 Å². The molecule has 0 N–H and O–H groups in total. The third-order valence-electron chi connectivity index (χ3n) is 4.78. The Bertz CT molecular complexity index is 832. The normalized spacial score (nSPS) is 13.9. The maximum absolute atomic E-state index is 12.6. The third-order valence-corrected chi connectivity index (χ3v) is 5.10. The van der Waals surface area contributed by atoms with Gasteiger partial charge < -0.3 is 19.3 Å². The van der Waals surface area contributed by atoms with Gasteiger partial charge in [-0.25, -0.2) is 0 Å². The molecular formula is C22H25ClN2O3. The first-order chi connectivity index (χ1) is 13.6. The molecule has 1 heterocycles. The second kappa shape index (κ2) is 9.51. The van der Waals surface area contributed by atoms with Gasteiger partial charge in [-0.2, -0.15) is 0 Å². The Morgan fingerprint density at radius 3 is 2.57 bits per heavy atom. The molecule has 5 nitrogen and oxygen atoms in total. The Morgan fingerprint density at radius 2 is 1.89 bits per heavy atom. The Balaban J connectivity index is 1.54. The molecule has 0 aromatic heterocycles. The van der Waals surface area contributed by atoms with Gasteiger partial charge in [0.25, 0.3) is 5.91 Å². The highest BCUT2D eigenvalue weighted by Gasteiger charge is 2.23. The van der Waals surface area contributed by atoms with Crippen molar-refractivity contribution in [3.63, 3.8) is 0 Å². The number of hydrogen-bond donors (Lipinski definition) is 0. The second-order valence-corrected chi connectivity index (χ2v) is 6.99. The first-order valence-electron chi connectivity index (χ1n) is 9.30. The molecule has 0 unspecified atom stereocenters. The number of nitrogens with zero attached hydrogens (tertiary/aromatic N) is 2. The molecule has 1 aliphatic heterocycles. The van der Waals surface area contributed by atoms with Crippen LogP contribution in [0.25, 0.3) is 0 Å². The molecule has 1 saturated heterocycles. The molecule has 0 atom stereocenters. The molecular weight excluding hydrogens is 376 g/mol. The summed E-state index contributed by atoms with van der Waals surface area (Å²) in [4.78, 5) is 16.6. The SMILES string of the molecule is C=CCc1ccc(OCC(=O)N2CCN(c3ccccc3Cl)CC2)c(OC)c1. The van der Waals surface area contributed by atoms with E-state index in [4.69, 9.17) is 21.1 Å². The van der Waals surface area contributed by atoms with Crippen LogP contribution in [0.2, 0.25) is 5.02 Å². The molecule has 0 aliphatic carbocycles. The topological polar surface area (TPSA) is 42.0 Å². The predicted molar refractivity (Wildman–Crippen MR) is 113 cm³/mol. The first-order valence-corrected chi connectivity index (χ1v) is 9.68. The smallest absolute Gasteiger partial charge is 0.260 e. The van der Waals surface area contributed by atoms with E-state index in [0.717, 1.165) is 35.8 Å². The van der Waals surface area contributed by atoms with Crippen molar-refractivity contribution in [2.75, 3.05) is 44.8 Å². The molecule has 0 saturated carbocycles. The van der Waals surface area contributed by atoms with Crippen LogP contribution in [0.1, 0.15) is 5.56 Å². The summed E-state index contributed by atoms with van der Waals surface area (Å²) < 4.78 is 11.1. The fourth-order valence-electron chi connectivity index (χ4n) is 3.26. The van der Waals surface area contributed by atoms with Crippen molar-refractivity contribution in [1.29, 1.82) is 0 Å². The molecule has 2 aromatic rings. The highest BCUT2D eigenvalue weighted by atomic mass is 35.5. The number of anilines is 1. The van der Waals surface area contributed by atoms with Gasteiger partial charge in [-0.1, -0.05) is 35.9 Å². The van der Waals surface area contributed by atoms with Crippen LogP contribution in [0.3, 0.4) is 0 Å². The summed E-state index contributed by atoms with van der Waals surface area (Å²) in [7, 11) is 1.59. The number of hydrogen-bond acceptors (Lipinski definition) is 4. The molecule has 1 fully saturated rings. The van der Waals surface area contributed by atoms with Crippen molar-refractivity contribution >= 4 is 23.2 Å². The molecule has 148 valence electrons. The van der Waals surface area contributed by atoms with E-state index < -0.39 is 0 Å². The van der Waals surface area contributed by atoms with E-state index in [-0.39, 0.29) is 12.5 Å². The Hall–Kier alpha value is -2.66. The van der Waals surface area contributed by atoms with Crippen LogP contribution in [0, 0.1) is 0 Å². The van der Waals surface area contributed by atoms with Crippen LogP contribution in [0.5, 0.6) is 11.5 Å². The lowest BCUT2D eigenvalue weighted by Gasteiger charge is -2.36. The Morgan fingerprint density at radius 1 is 1.14 bits per heavy atom. The summed E-state index contributed by atoms with van der Waals surface area (Å²) in [6, 6.07) is 13.5. The van der Waals surface area contributed by atoms with E-state index in [2.05, 4.69) is 11.5 Å². The second-order valence-electron chi connectivity index (χ2n) is 6.59. The quantitative estimate of drug-likeness (QED) is 0.663. The molecule has 1 amide bonds. The largest absolute Gasteiger partial charge is 0.493 e. The van der Waals surface area contributed by atoms with Gasteiger partial charge >= 0.3 is 0 Å². The van der Waals surface area contributed by atoms with Gasteiger partial charge in [0.15, 0.2) is 18.1 Å². The van der Waals surface area contributed by atoms with Crippen molar-refractivity contribution in [3.8, 4) is 11.5 Å². The van der Waals surface area contributed by atoms with E-state index >= 15 is 0 Å². The number of para-hydroxylation sites is 1. The zero-order chi connectivity index (χ0) is 19.9. The van der Waals surface area contributed by atoms with Crippen LogP contribution in [-0.2, 0) is 11.2 Å². The molecule has 0 radical (unpaired) electrons. The fraction of sp³-hybridized carbons (Fsp3) is 0.318. The summed E-state index contributed by atoms with van der Waals surface area (Å²) >= 11 is 6.27. The number of rotatable bonds is 7. The average molecular weight is 401 g/mol. The number of piperazine rings is 1. The minimum absolute atomic E-state index is 0.0107. The summed E-state index contributed by atoms with van der Waals surface area (Å²) in [5.74, 6) is 1.16. The maximum Gasteiger partial charge on any atom is 0.260 e. The molecule has 28 heavy (non-hydrogen) atoms. The minimum Gasteiger partial charge on any atom is -0.493 e. The van der Waals surface area contributed by atoms with Crippen molar-refractivity contribution in [2.45, 2.75) is 6.42 Å². The Kier molecular flexibility index (Phi) is 6.82. The van der Waals surface area contributed by atoms with Crippen LogP contribution in [0.4, 0.5) is 5.69 Å². The fourth-order valence-corrected chi connectivity index (χ4v) is 3.52. The highest BCUT2D eigenvalue weighted by Crippen LogP contribution is 2.29. The summed E-state index contributed by atoms with van der Waals surface area (Å²) in [5.41, 5.74) is 2.10. The summed E-state index contributed by atoms with van der Waals surface area (Å²) in [5, 5.41) is 0.734. The number of carbonyl (C=O) groups excluding carboxylic acids is 1. The van der Waals surface area contributed by atoms with Gasteiger partial charge in [0.2, 0.25) is 0 Å². The van der Waals surface area contributed by atoms with Gasteiger partial charge in [-0.05, 0) is 36.2 Å². The number of methoxy groups -OCH3 is 1. The Labute approximate surface area is 171 Å². The van der Waals surface area contributed by atoms with E-state index in [0.29, 0.717) is 24.6 Å². The number of halogens is 1. The molecule has 0 spiro atoms. The van der Waals surface area contributed by atoms with E-state index in [1.807, 2.05) is 53.4 Å². The lowest BCUT2D eigenvalue weighted by Crippen LogP contribution is -2.50. The van der Waals surface area contributed by atoms with Crippen LogP contribution >= 0.6 is 11.6 Å². The monoisotopic (exact) mass is 400 g/mol. The van der Waals surface area contributed by atoms with Gasteiger partial charge in [-0.15, -0.1) is 6.58 Å². The van der Waals surface area contributed by atoms with E-state index in [1.165, 1.54) is 0 Å². The van der Waals surface area contributed by atoms with Crippen LogP contribution in [0.15, 0.2) is 55.1 Å². The van der Waals surface area contributed by atoms with Gasteiger partial charge in [-0.3, -0.25) is 4.79 Å². The van der Waals surface area contributed by atoms with Gasteiger partial charge in [0, 0.05) is 26.2 Å². The van der Waals surface area contributed by atoms with Crippen LogP contribution in [-0.4, -0.2) is 50.7 Å². The maximum atomic E-state index is 12.6. The summed E-state index contributed by atoms with van der Waals surface area (Å²) in [6.07, 6.45) is 2.59. The number of carbonyl (C=O) groups is 1. The lowest BCUT2D eigenvalue weighted by atomic mass is 10.1. The van der Waals surface area contributed by atoms with Crippen molar-refractivity contribution < 1.29 is 14.3 Å². The van der Waals surface area contributed by atoms with Crippen molar-refractivity contribution in [1.82, 2.24) is 4.90 Å². The zero-order valence-corrected chi connectivity index (χ0v) is 16.8. The minimum atomic E-state index is -0.0315. The number of ether oxygens (including phenoxy) is 2. The number of allylic oxidation sites excluding steroid dienone is 1. The molecule has 6 heteroatoms. The first kappa shape index (κ1) is 20.1. The van der Waals surface area contributed by atoms with Crippen LogP contribution < -0.4 is 14.4 Å². The molecule has 3 rings (SSSR count). The zero-order valence-electron chi connectivity index (χ0n) is 16.1. The van der Waals surface area contributed by atoms with E-state index in [1.54, 1.807) is 7.11 Å². The lowest BCUT2D eigenvalue weighted by molar-refractivity contribution is -0.133. The molecule has 1 aliphatic rings. The predicted octanol–water partition coefficient (Wildman–Crippen LogP) is 3.80. The number of amides is 1. The number of benzene rings is 2. The molecule has 0 bridgehead atoms. The highest BCUT2D eigenvalue weighted by molar-refractivity contribution is 6.33. The third kappa shape index (κ3) is 4.78. The summed E-state index contributed by atoms with van der Waals surface area (Å²) in [6.45, 7) is 6.50. The standard InChI is InChI=1S/C22H25ClN2O3/c1-3-6-17-9-10-20(21(15-17)27-2)28-16-22(26)25-13-11-24(12-14-25)19-8-5-4-7-18(19)23/h3-5,7-10,15H,1,6,11-14,16H2,2H3. The van der Waals surface area contributed by atoms with Crippen molar-refractivity contribution in [2.24, 2.45) is 0 Å².